The molecule has 1 aliphatic heterocycles. The van der Waals surface area contributed by atoms with E-state index in [2.05, 4.69) is 39.8 Å². The van der Waals surface area contributed by atoms with Crippen molar-refractivity contribution in [2.75, 3.05) is 6.54 Å². The van der Waals surface area contributed by atoms with Crippen molar-refractivity contribution in [2.45, 2.75) is 31.7 Å². The first kappa shape index (κ1) is 15.9. The summed E-state index contributed by atoms with van der Waals surface area (Å²) < 4.78 is 2.14. The highest BCUT2D eigenvalue weighted by atomic mass is 16.2. The Kier molecular flexibility index (Phi) is 4.26. The molecule has 1 amide bonds. The Morgan fingerprint density at radius 1 is 1.08 bits per heavy atom. The van der Waals surface area contributed by atoms with Crippen LogP contribution >= 0.6 is 0 Å². The van der Waals surface area contributed by atoms with Crippen LogP contribution in [0.4, 0.5) is 0 Å². The van der Waals surface area contributed by atoms with E-state index < -0.39 is 0 Å². The van der Waals surface area contributed by atoms with E-state index in [4.69, 9.17) is 0 Å². The van der Waals surface area contributed by atoms with Crippen LogP contribution in [-0.4, -0.2) is 26.9 Å². The minimum Gasteiger partial charge on any atom is -0.353 e. The highest BCUT2D eigenvalue weighted by Crippen LogP contribution is 2.32. The van der Waals surface area contributed by atoms with Crippen LogP contribution in [0.2, 0.25) is 0 Å². The molecule has 0 N–H and O–H groups in total. The molecular weight excluding hydrogens is 310 g/mol. The summed E-state index contributed by atoms with van der Waals surface area (Å²) in [5.41, 5.74) is 2.85. The van der Waals surface area contributed by atoms with Crippen LogP contribution in [0.5, 0.6) is 0 Å². The van der Waals surface area contributed by atoms with Gasteiger partial charge in [0.2, 0.25) is 0 Å². The monoisotopic (exact) mass is 333 g/mol. The Balaban J connectivity index is 1.76. The molecule has 3 aromatic rings. The third-order valence-corrected chi connectivity index (χ3v) is 5.22. The van der Waals surface area contributed by atoms with Crippen LogP contribution in [-0.2, 0) is 7.05 Å². The van der Waals surface area contributed by atoms with Gasteiger partial charge < -0.3 is 9.47 Å². The second-order valence-electron chi connectivity index (χ2n) is 6.78. The Hall–Kier alpha value is -2.62. The fourth-order valence-electron chi connectivity index (χ4n) is 3.92. The van der Waals surface area contributed by atoms with Gasteiger partial charge in [0.05, 0.1) is 11.6 Å². The van der Waals surface area contributed by atoms with Gasteiger partial charge in [-0.3, -0.25) is 9.78 Å². The smallest absolute Gasteiger partial charge is 0.255 e. The first-order chi connectivity index (χ1) is 12.3. The van der Waals surface area contributed by atoms with Crippen molar-refractivity contribution in [3.63, 3.8) is 0 Å². The number of pyridine rings is 1. The topological polar surface area (TPSA) is 38.1 Å². The molecule has 0 saturated carbocycles. The van der Waals surface area contributed by atoms with E-state index in [1.54, 1.807) is 6.20 Å². The quantitative estimate of drug-likeness (QED) is 0.700. The molecule has 2 aromatic heterocycles. The normalized spacial score (nSPS) is 18.3. The first-order valence-electron chi connectivity index (χ1n) is 9.01. The number of aryl methyl sites for hydroxylation is 1. The molecular formula is C21H23N3O. The molecule has 1 aromatic carbocycles. The maximum atomic E-state index is 13.5. The molecule has 0 spiro atoms. The number of aromatic nitrogens is 2. The lowest BCUT2D eigenvalue weighted by molar-refractivity contribution is 0.0676. The van der Waals surface area contributed by atoms with Crippen molar-refractivity contribution < 1.29 is 4.79 Å². The summed E-state index contributed by atoms with van der Waals surface area (Å²) in [7, 11) is 2.06. The van der Waals surface area contributed by atoms with Crippen molar-refractivity contribution in [3.8, 4) is 0 Å². The Labute approximate surface area is 148 Å². The average Bonchev–Trinajstić information content (AvgIpc) is 2.92. The fraction of sp³-hybridized carbons (Fsp3) is 0.333. The molecule has 0 aliphatic carbocycles. The van der Waals surface area contributed by atoms with Crippen LogP contribution in [0.25, 0.3) is 10.9 Å². The minimum absolute atomic E-state index is 0.117. The van der Waals surface area contributed by atoms with Crippen LogP contribution < -0.4 is 0 Å². The number of rotatable bonds is 2. The zero-order chi connectivity index (χ0) is 17.2. The predicted molar refractivity (Wildman–Crippen MR) is 99.4 cm³/mol. The molecule has 1 saturated heterocycles. The predicted octanol–water partition coefficient (Wildman–Crippen LogP) is 4.33. The Morgan fingerprint density at radius 3 is 2.84 bits per heavy atom. The lowest BCUT2D eigenvalue weighted by Crippen LogP contribution is -2.35. The number of amides is 1. The second-order valence-corrected chi connectivity index (χ2v) is 6.78. The molecule has 0 radical (unpaired) electrons. The molecule has 25 heavy (non-hydrogen) atoms. The van der Waals surface area contributed by atoms with Gasteiger partial charge in [-0.2, -0.15) is 0 Å². The van der Waals surface area contributed by atoms with E-state index in [1.807, 2.05) is 30.3 Å². The van der Waals surface area contributed by atoms with Gasteiger partial charge in [0.15, 0.2) is 0 Å². The van der Waals surface area contributed by atoms with Crippen molar-refractivity contribution in [1.29, 1.82) is 0 Å². The molecule has 4 nitrogen and oxygen atoms in total. The number of nitrogens with zero attached hydrogens (tertiary/aromatic N) is 3. The Morgan fingerprint density at radius 2 is 2.00 bits per heavy atom. The average molecular weight is 333 g/mol. The SMILES string of the molecule is Cn1cccc1[C@@H]1CCCCCN1C(=O)c1cccc2ncccc12. The molecule has 1 fully saturated rings. The summed E-state index contributed by atoms with van der Waals surface area (Å²) in [6.45, 7) is 0.811. The largest absolute Gasteiger partial charge is 0.353 e. The zero-order valence-corrected chi connectivity index (χ0v) is 14.6. The molecule has 4 rings (SSSR count). The summed E-state index contributed by atoms with van der Waals surface area (Å²) in [5, 5.41) is 0.935. The standard InChI is InChI=1S/C21H23N3O/c1-23-14-7-12-19(23)20-11-3-2-4-15-24(20)21(25)17-8-5-10-18-16(17)9-6-13-22-18/h5-10,12-14,20H,2-4,11,15H2,1H3/t20-/m0/s1. The molecule has 1 aliphatic rings. The van der Waals surface area contributed by atoms with Gasteiger partial charge >= 0.3 is 0 Å². The first-order valence-corrected chi connectivity index (χ1v) is 9.01. The molecule has 3 heterocycles. The number of hydrogen-bond donors (Lipinski definition) is 0. The van der Waals surface area contributed by atoms with E-state index in [0.717, 1.165) is 42.3 Å². The van der Waals surface area contributed by atoms with E-state index in [0.29, 0.717) is 0 Å². The zero-order valence-electron chi connectivity index (χ0n) is 14.6. The third-order valence-electron chi connectivity index (χ3n) is 5.22. The maximum Gasteiger partial charge on any atom is 0.255 e. The van der Waals surface area contributed by atoms with E-state index >= 15 is 0 Å². The highest BCUT2D eigenvalue weighted by molar-refractivity contribution is 6.06. The Bertz CT molecular complexity index is 894. The number of fused-ring (bicyclic) bond motifs is 1. The third kappa shape index (κ3) is 2.93. The van der Waals surface area contributed by atoms with Gasteiger partial charge in [0, 0.05) is 42.6 Å². The molecule has 1 atom stereocenters. The number of benzene rings is 1. The number of likely N-dealkylation sites (tertiary alicyclic amines) is 1. The summed E-state index contributed by atoms with van der Waals surface area (Å²) in [6, 6.07) is 14.1. The minimum atomic E-state index is 0.117. The summed E-state index contributed by atoms with van der Waals surface area (Å²) in [5.74, 6) is 0.117. The van der Waals surface area contributed by atoms with Crippen LogP contribution in [0.15, 0.2) is 54.9 Å². The van der Waals surface area contributed by atoms with Crippen molar-refractivity contribution in [3.05, 3.63) is 66.1 Å². The van der Waals surface area contributed by atoms with Gasteiger partial charge in [-0.15, -0.1) is 0 Å². The lowest BCUT2D eigenvalue weighted by atomic mass is 10.0. The highest BCUT2D eigenvalue weighted by Gasteiger charge is 2.29. The number of carbonyl (C=O) groups excluding carboxylic acids is 1. The second kappa shape index (κ2) is 6.71. The van der Waals surface area contributed by atoms with E-state index in [9.17, 15) is 4.79 Å². The van der Waals surface area contributed by atoms with Crippen molar-refractivity contribution in [2.24, 2.45) is 7.05 Å². The summed E-state index contributed by atoms with van der Waals surface area (Å²) >= 11 is 0. The maximum absolute atomic E-state index is 13.5. The number of carbonyl (C=O) groups is 1. The molecule has 128 valence electrons. The molecule has 4 heteroatoms. The molecule has 0 bridgehead atoms. The fourth-order valence-corrected chi connectivity index (χ4v) is 3.92. The summed E-state index contributed by atoms with van der Waals surface area (Å²) in [4.78, 5) is 19.9. The van der Waals surface area contributed by atoms with E-state index in [-0.39, 0.29) is 11.9 Å². The van der Waals surface area contributed by atoms with Gasteiger partial charge in [-0.05, 0) is 43.2 Å². The van der Waals surface area contributed by atoms with Gasteiger partial charge in [0.25, 0.3) is 5.91 Å². The van der Waals surface area contributed by atoms with Crippen LogP contribution in [0.3, 0.4) is 0 Å². The number of hydrogen-bond acceptors (Lipinski definition) is 2. The van der Waals surface area contributed by atoms with E-state index in [1.165, 1.54) is 12.1 Å². The summed E-state index contributed by atoms with van der Waals surface area (Å²) in [6.07, 6.45) is 8.26. The lowest BCUT2D eigenvalue weighted by Gasteiger charge is -2.31. The van der Waals surface area contributed by atoms with Crippen LogP contribution in [0, 0.1) is 0 Å². The van der Waals surface area contributed by atoms with Crippen molar-refractivity contribution in [1.82, 2.24) is 14.5 Å². The van der Waals surface area contributed by atoms with Gasteiger partial charge in [0.1, 0.15) is 0 Å². The molecule has 0 unspecified atom stereocenters. The van der Waals surface area contributed by atoms with Crippen LogP contribution in [0.1, 0.15) is 47.8 Å². The van der Waals surface area contributed by atoms with Crippen molar-refractivity contribution >= 4 is 16.8 Å². The van der Waals surface area contributed by atoms with Gasteiger partial charge in [-0.25, -0.2) is 0 Å². The van der Waals surface area contributed by atoms with Gasteiger partial charge in [-0.1, -0.05) is 25.0 Å².